The van der Waals surface area contributed by atoms with E-state index in [2.05, 4.69) is 22.9 Å². The first kappa shape index (κ1) is 15.3. The summed E-state index contributed by atoms with van der Waals surface area (Å²) in [6.07, 6.45) is 3.01. The summed E-state index contributed by atoms with van der Waals surface area (Å²) in [4.78, 5) is 19.3. The van der Waals surface area contributed by atoms with Crippen LogP contribution in [0.3, 0.4) is 0 Å². The monoisotopic (exact) mass is 196 g/mol. The van der Waals surface area contributed by atoms with Gasteiger partial charge in [0.2, 0.25) is 0 Å². The summed E-state index contributed by atoms with van der Waals surface area (Å²) in [6.45, 7) is 7.14. The first-order chi connectivity index (χ1) is 5.81. The Morgan fingerprint density at radius 3 is 2.46 bits per heavy atom. The normalized spacial score (nSPS) is 8.31. The van der Waals surface area contributed by atoms with E-state index < -0.39 is 5.97 Å². The minimum Gasteiger partial charge on any atom is -1.00 e. The van der Waals surface area contributed by atoms with Gasteiger partial charge in [-0.1, -0.05) is 12.2 Å². The Hall–Kier alpha value is -0.130. The molecule has 0 aromatic rings. The van der Waals surface area contributed by atoms with Crippen molar-refractivity contribution < 1.29 is 50.3 Å². The van der Waals surface area contributed by atoms with E-state index in [9.17, 15) is 4.79 Å². The second-order valence-electron chi connectivity index (χ2n) is 1.83. The van der Waals surface area contributed by atoms with Crippen LogP contribution in [0.25, 0.3) is 0 Å². The Balaban J connectivity index is -0.000000605. The zero-order chi connectivity index (χ0) is 9.23. The van der Waals surface area contributed by atoms with Crippen LogP contribution in [0.15, 0.2) is 25.3 Å². The molecule has 0 aliphatic carbocycles. The van der Waals surface area contributed by atoms with Crippen molar-refractivity contribution >= 4 is 5.97 Å². The minimum absolute atomic E-state index is 0. The molecule has 0 spiro atoms. The Morgan fingerprint density at radius 1 is 1.31 bits per heavy atom. The van der Waals surface area contributed by atoms with Gasteiger partial charge in [0.15, 0.2) is 0 Å². The van der Waals surface area contributed by atoms with E-state index in [1.54, 1.807) is 0 Å². The molecule has 13 heavy (non-hydrogen) atoms. The topological polar surface area (TPSA) is 44.8 Å². The molecule has 0 bridgehead atoms. The van der Waals surface area contributed by atoms with Crippen molar-refractivity contribution in [2.24, 2.45) is 0 Å². The predicted octanol–water partition coefficient (Wildman–Crippen LogP) is -2.03. The predicted molar refractivity (Wildman–Crippen MR) is 44.4 cm³/mol. The van der Waals surface area contributed by atoms with Gasteiger partial charge < -0.3 is 6.16 Å². The molecular formula is C8H13NaO4. The smallest absolute Gasteiger partial charge is 1.00 e. The van der Waals surface area contributed by atoms with Gasteiger partial charge in [-0.2, -0.15) is 4.89 Å². The SMILES string of the molecule is C=CCOCC(=O)OOCC=C.[H-].[Na+]. The van der Waals surface area contributed by atoms with Crippen LogP contribution >= 0.6 is 0 Å². The largest absolute Gasteiger partial charge is 1.00 e. The van der Waals surface area contributed by atoms with Gasteiger partial charge >= 0.3 is 35.5 Å². The zero-order valence-electron chi connectivity index (χ0n) is 8.82. The van der Waals surface area contributed by atoms with Crippen LogP contribution < -0.4 is 29.6 Å². The number of rotatable bonds is 7. The molecule has 0 N–H and O–H groups in total. The van der Waals surface area contributed by atoms with Gasteiger partial charge in [-0.25, -0.2) is 4.79 Å². The number of carbonyl (C=O) groups is 1. The molecule has 0 fully saturated rings. The molecule has 4 nitrogen and oxygen atoms in total. The summed E-state index contributed by atoms with van der Waals surface area (Å²) >= 11 is 0. The average molecular weight is 196 g/mol. The van der Waals surface area contributed by atoms with Gasteiger partial charge in [0.05, 0.1) is 6.61 Å². The standard InChI is InChI=1S/C8H12O4.Na.H/c1-3-5-10-7-8(9)12-11-6-4-2;;/h3-4H,1-2,5-7H2;;/q;+1;-1. The van der Waals surface area contributed by atoms with Crippen LogP contribution in [0.4, 0.5) is 0 Å². The van der Waals surface area contributed by atoms with Crippen molar-refractivity contribution in [3.8, 4) is 0 Å². The van der Waals surface area contributed by atoms with E-state index >= 15 is 0 Å². The quantitative estimate of drug-likeness (QED) is 0.155. The van der Waals surface area contributed by atoms with E-state index in [1.165, 1.54) is 12.2 Å². The fourth-order valence-electron chi connectivity index (χ4n) is 0.398. The van der Waals surface area contributed by atoms with Crippen LogP contribution in [-0.2, 0) is 19.3 Å². The Labute approximate surface area is 101 Å². The zero-order valence-corrected chi connectivity index (χ0v) is 9.82. The third-order valence-corrected chi connectivity index (χ3v) is 0.793. The molecular weight excluding hydrogens is 183 g/mol. The van der Waals surface area contributed by atoms with Crippen molar-refractivity contribution in [3.63, 3.8) is 0 Å². The summed E-state index contributed by atoms with van der Waals surface area (Å²) in [5.74, 6) is -0.571. The van der Waals surface area contributed by atoms with Crippen molar-refractivity contribution in [3.05, 3.63) is 25.3 Å². The number of hydrogen-bond donors (Lipinski definition) is 0. The summed E-state index contributed by atoms with van der Waals surface area (Å²) in [5.41, 5.74) is 0. The van der Waals surface area contributed by atoms with Gasteiger partial charge in [-0.15, -0.1) is 13.2 Å². The van der Waals surface area contributed by atoms with Crippen molar-refractivity contribution in [2.45, 2.75) is 0 Å². The van der Waals surface area contributed by atoms with E-state index in [4.69, 9.17) is 4.74 Å². The maximum absolute atomic E-state index is 10.7. The van der Waals surface area contributed by atoms with E-state index in [-0.39, 0.29) is 44.2 Å². The minimum atomic E-state index is -0.571. The number of carbonyl (C=O) groups excluding carboxylic acids is 1. The van der Waals surface area contributed by atoms with Crippen LogP contribution in [0.5, 0.6) is 0 Å². The molecule has 0 aliphatic heterocycles. The summed E-state index contributed by atoms with van der Waals surface area (Å²) in [6, 6.07) is 0. The maximum atomic E-state index is 10.7. The van der Waals surface area contributed by atoms with Crippen LogP contribution in [0.2, 0.25) is 0 Å². The summed E-state index contributed by atoms with van der Waals surface area (Å²) < 4.78 is 4.78. The van der Waals surface area contributed by atoms with Gasteiger partial charge in [-0.3, -0.25) is 4.89 Å². The van der Waals surface area contributed by atoms with E-state index in [0.29, 0.717) is 6.61 Å². The molecule has 0 rings (SSSR count). The molecule has 0 radical (unpaired) electrons. The molecule has 0 aromatic heterocycles. The summed E-state index contributed by atoms with van der Waals surface area (Å²) in [7, 11) is 0. The van der Waals surface area contributed by atoms with E-state index in [0.717, 1.165) is 0 Å². The maximum Gasteiger partial charge on any atom is 1.00 e. The second kappa shape index (κ2) is 11.9. The molecule has 0 aromatic carbocycles. The molecule has 0 heterocycles. The Kier molecular flexibility index (Phi) is 14.0. The van der Waals surface area contributed by atoms with Crippen LogP contribution in [-0.4, -0.2) is 25.8 Å². The van der Waals surface area contributed by atoms with Crippen LogP contribution in [0, 0.1) is 0 Å². The third-order valence-electron chi connectivity index (χ3n) is 0.793. The van der Waals surface area contributed by atoms with Crippen molar-refractivity contribution in [2.75, 3.05) is 19.8 Å². The van der Waals surface area contributed by atoms with Gasteiger partial charge in [0, 0.05) is 0 Å². The third kappa shape index (κ3) is 11.9. The molecule has 0 saturated carbocycles. The molecule has 5 heteroatoms. The first-order valence-corrected chi connectivity index (χ1v) is 3.43. The van der Waals surface area contributed by atoms with E-state index in [1.807, 2.05) is 0 Å². The fourth-order valence-corrected chi connectivity index (χ4v) is 0.398. The molecule has 0 amide bonds. The first-order valence-electron chi connectivity index (χ1n) is 3.43. The Bertz CT molecular complexity index is 147. The molecule has 0 aliphatic rings. The number of hydrogen-bond acceptors (Lipinski definition) is 4. The second-order valence-corrected chi connectivity index (χ2v) is 1.83. The average Bonchev–Trinajstić information content (AvgIpc) is 2.06. The van der Waals surface area contributed by atoms with Gasteiger partial charge in [0.1, 0.15) is 13.2 Å². The summed E-state index contributed by atoms with van der Waals surface area (Å²) in [5, 5.41) is 0. The van der Waals surface area contributed by atoms with Gasteiger partial charge in [0.25, 0.3) is 0 Å². The molecule has 0 saturated heterocycles. The fraction of sp³-hybridized carbons (Fsp3) is 0.375. The number of ether oxygens (including phenoxy) is 1. The molecule has 0 unspecified atom stereocenters. The molecule has 70 valence electrons. The van der Waals surface area contributed by atoms with Crippen molar-refractivity contribution in [1.29, 1.82) is 0 Å². The van der Waals surface area contributed by atoms with Gasteiger partial charge in [-0.05, 0) is 0 Å². The Morgan fingerprint density at radius 2 is 1.92 bits per heavy atom. The van der Waals surface area contributed by atoms with Crippen LogP contribution in [0.1, 0.15) is 1.43 Å². The molecule has 0 atom stereocenters. The van der Waals surface area contributed by atoms with Crippen molar-refractivity contribution in [1.82, 2.24) is 0 Å².